The number of nitrogens with zero attached hydrogens (tertiary/aromatic N) is 3. The molecule has 0 saturated carbocycles. The zero-order valence-corrected chi connectivity index (χ0v) is 16.6. The first kappa shape index (κ1) is 18.2. The van der Waals surface area contributed by atoms with Crippen LogP contribution in [0, 0.1) is 6.92 Å². The minimum absolute atomic E-state index is 0.200. The number of rotatable bonds is 3. The van der Waals surface area contributed by atoms with E-state index in [4.69, 9.17) is 9.47 Å². The molecule has 152 valence electrons. The number of aromatic nitrogens is 3. The first-order valence-electron chi connectivity index (χ1n) is 9.67. The molecule has 5 rings (SSSR count). The number of fused-ring (bicyclic) bond motifs is 3. The third-order valence-electron chi connectivity index (χ3n) is 5.31. The van der Waals surface area contributed by atoms with E-state index in [0.717, 1.165) is 5.56 Å². The van der Waals surface area contributed by atoms with Crippen LogP contribution in [0.4, 0.5) is 0 Å². The van der Waals surface area contributed by atoms with Crippen LogP contribution in [0.2, 0.25) is 0 Å². The number of benzene rings is 1. The zero-order valence-electron chi connectivity index (χ0n) is 16.6. The summed E-state index contributed by atoms with van der Waals surface area (Å²) < 4.78 is 14.7. The minimum atomic E-state index is -0.303. The molecular formula is C22H20N4O4. The number of hydrogen-bond acceptors (Lipinski definition) is 5. The van der Waals surface area contributed by atoms with Crippen molar-refractivity contribution in [3.8, 4) is 11.5 Å². The van der Waals surface area contributed by atoms with E-state index in [1.807, 2.05) is 37.3 Å². The molecule has 1 atom stereocenters. The zero-order chi connectivity index (χ0) is 20.8. The van der Waals surface area contributed by atoms with E-state index in [2.05, 4.69) is 10.3 Å². The molecule has 3 aromatic heterocycles. The lowest BCUT2D eigenvalue weighted by molar-refractivity contribution is 0.0785. The number of carbonyl (C=O) groups is 1. The molecule has 0 saturated heterocycles. The van der Waals surface area contributed by atoms with Gasteiger partial charge >= 0.3 is 0 Å². The monoisotopic (exact) mass is 404 g/mol. The molecule has 4 heterocycles. The molecule has 30 heavy (non-hydrogen) atoms. The normalized spacial score (nSPS) is 15.5. The van der Waals surface area contributed by atoms with Crippen LogP contribution in [0.1, 0.15) is 16.1 Å². The van der Waals surface area contributed by atoms with Crippen LogP contribution in [-0.2, 0) is 7.05 Å². The third-order valence-corrected chi connectivity index (χ3v) is 5.31. The first-order valence-corrected chi connectivity index (χ1v) is 9.67. The Morgan fingerprint density at radius 3 is 2.83 bits per heavy atom. The highest BCUT2D eigenvalue weighted by Gasteiger charge is 2.23. The molecule has 1 amide bonds. The van der Waals surface area contributed by atoms with Gasteiger partial charge in [0.1, 0.15) is 29.7 Å². The maximum atomic E-state index is 12.9. The number of nitrogens with one attached hydrogen (secondary N) is 1. The summed E-state index contributed by atoms with van der Waals surface area (Å²) in [7, 11) is 1.73. The molecule has 0 fully saturated rings. The lowest BCUT2D eigenvalue weighted by Crippen LogP contribution is -2.41. The number of hydrogen-bond donors (Lipinski definition) is 1. The van der Waals surface area contributed by atoms with Crippen LogP contribution in [0.3, 0.4) is 0 Å². The average Bonchev–Trinajstić information content (AvgIpc) is 3.10. The molecule has 4 aromatic rings. The lowest BCUT2D eigenvalue weighted by atomic mass is 10.2. The van der Waals surface area contributed by atoms with Gasteiger partial charge in [0.15, 0.2) is 11.5 Å². The Labute approximate surface area is 171 Å². The maximum Gasteiger partial charge on any atom is 0.268 e. The molecule has 1 N–H and O–H groups in total. The van der Waals surface area contributed by atoms with Gasteiger partial charge in [-0.25, -0.2) is 4.98 Å². The lowest BCUT2D eigenvalue weighted by Gasteiger charge is -2.26. The Morgan fingerprint density at radius 1 is 1.20 bits per heavy atom. The van der Waals surface area contributed by atoms with Crippen LogP contribution < -0.4 is 20.3 Å². The van der Waals surface area contributed by atoms with Gasteiger partial charge in [-0.1, -0.05) is 18.2 Å². The van der Waals surface area contributed by atoms with Gasteiger partial charge in [0, 0.05) is 13.2 Å². The number of ether oxygens (including phenoxy) is 2. The average molecular weight is 404 g/mol. The van der Waals surface area contributed by atoms with E-state index in [9.17, 15) is 9.59 Å². The molecule has 0 aliphatic carbocycles. The Balaban J connectivity index is 1.41. The molecule has 0 bridgehead atoms. The highest BCUT2D eigenvalue weighted by Crippen LogP contribution is 2.30. The van der Waals surface area contributed by atoms with Gasteiger partial charge in [0.25, 0.3) is 11.5 Å². The maximum absolute atomic E-state index is 12.9. The number of pyridine rings is 1. The second-order valence-electron chi connectivity index (χ2n) is 7.34. The Bertz CT molecular complexity index is 1350. The fraction of sp³-hybridized carbons (Fsp3) is 0.227. The smallest absolute Gasteiger partial charge is 0.268 e. The Kier molecular flexibility index (Phi) is 4.20. The summed E-state index contributed by atoms with van der Waals surface area (Å²) in [5.41, 5.74) is 2.10. The Hall–Kier alpha value is -3.81. The molecule has 1 aromatic carbocycles. The van der Waals surface area contributed by atoms with Crippen molar-refractivity contribution in [1.29, 1.82) is 0 Å². The van der Waals surface area contributed by atoms with E-state index in [1.165, 1.54) is 4.40 Å². The molecular weight excluding hydrogens is 384 g/mol. The summed E-state index contributed by atoms with van der Waals surface area (Å²) in [6.07, 6.45) is 1.38. The van der Waals surface area contributed by atoms with Gasteiger partial charge in [-0.15, -0.1) is 0 Å². The Morgan fingerprint density at radius 2 is 2.00 bits per heavy atom. The van der Waals surface area contributed by atoms with Gasteiger partial charge < -0.3 is 19.4 Å². The van der Waals surface area contributed by atoms with Crippen LogP contribution in [0.15, 0.2) is 53.5 Å². The van der Waals surface area contributed by atoms with Gasteiger partial charge in [0.05, 0.1) is 11.9 Å². The minimum Gasteiger partial charge on any atom is -0.486 e. The van der Waals surface area contributed by atoms with E-state index < -0.39 is 0 Å². The van der Waals surface area contributed by atoms with E-state index in [1.54, 1.807) is 29.9 Å². The predicted octanol–water partition coefficient (Wildman–Crippen LogP) is 2.06. The van der Waals surface area contributed by atoms with Gasteiger partial charge in [-0.2, -0.15) is 0 Å². The van der Waals surface area contributed by atoms with Gasteiger partial charge in [-0.3, -0.25) is 14.0 Å². The van der Waals surface area contributed by atoms with Crippen molar-refractivity contribution >= 4 is 22.6 Å². The number of amides is 1. The third kappa shape index (κ3) is 2.88. The van der Waals surface area contributed by atoms with Crippen molar-refractivity contribution in [2.24, 2.45) is 7.05 Å². The van der Waals surface area contributed by atoms with E-state index in [0.29, 0.717) is 40.5 Å². The van der Waals surface area contributed by atoms with Crippen molar-refractivity contribution in [3.05, 3.63) is 70.3 Å². The summed E-state index contributed by atoms with van der Waals surface area (Å²) in [6.45, 7) is 2.52. The summed E-state index contributed by atoms with van der Waals surface area (Å²) >= 11 is 0. The van der Waals surface area contributed by atoms with Crippen LogP contribution in [0.25, 0.3) is 16.7 Å². The second kappa shape index (κ2) is 6.91. The van der Waals surface area contributed by atoms with Crippen molar-refractivity contribution in [3.63, 3.8) is 0 Å². The number of aryl methyl sites for hydroxylation is 2. The highest BCUT2D eigenvalue weighted by atomic mass is 16.6. The van der Waals surface area contributed by atoms with Crippen molar-refractivity contribution < 1.29 is 14.3 Å². The molecule has 0 unspecified atom stereocenters. The second-order valence-corrected chi connectivity index (χ2v) is 7.34. The summed E-state index contributed by atoms with van der Waals surface area (Å²) in [6, 6.07) is 12.7. The quantitative estimate of drug-likeness (QED) is 0.565. The number of para-hydroxylation sites is 2. The van der Waals surface area contributed by atoms with Crippen LogP contribution in [0.5, 0.6) is 11.5 Å². The molecule has 0 radical (unpaired) electrons. The predicted molar refractivity (Wildman–Crippen MR) is 111 cm³/mol. The number of carbonyl (C=O) groups excluding carboxylic acids is 1. The summed E-state index contributed by atoms with van der Waals surface area (Å²) in [5, 5.41) is 3.27. The molecule has 8 heteroatoms. The van der Waals surface area contributed by atoms with Gasteiger partial charge in [-0.05, 0) is 36.8 Å². The fourth-order valence-corrected chi connectivity index (χ4v) is 3.71. The van der Waals surface area contributed by atoms with Crippen molar-refractivity contribution in [1.82, 2.24) is 19.3 Å². The largest absolute Gasteiger partial charge is 0.486 e. The SMILES string of the molecule is Cc1cccn2c(=O)c3cc(C(=O)NC[C@@H]4COc5ccccc5O4)n(C)c3nc12. The fourth-order valence-electron chi connectivity index (χ4n) is 3.71. The summed E-state index contributed by atoms with van der Waals surface area (Å²) in [4.78, 5) is 30.3. The van der Waals surface area contributed by atoms with Crippen molar-refractivity contribution in [2.75, 3.05) is 13.2 Å². The molecule has 1 aliphatic rings. The highest BCUT2D eigenvalue weighted by molar-refractivity contribution is 5.98. The molecule has 1 aliphatic heterocycles. The van der Waals surface area contributed by atoms with E-state index >= 15 is 0 Å². The molecule has 8 nitrogen and oxygen atoms in total. The standard InChI is InChI=1S/C22H20N4O4/c1-13-6-5-9-26-19(13)24-20-15(22(26)28)10-16(25(20)2)21(27)23-11-14-12-29-17-7-3-4-8-18(17)30-14/h3-10,14H,11-12H2,1-2H3,(H,23,27)/t14-/m1/s1. The van der Waals surface area contributed by atoms with Crippen LogP contribution in [-0.4, -0.2) is 39.1 Å². The van der Waals surface area contributed by atoms with E-state index in [-0.39, 0.29) is 24.1 Å². The topological polar surface area (TPSA) is 86.9 Å². The summed E-state index contributed by atoms with van der Waals surface area (Å²) in [5.74, 6) is 1.05. The van der Waals surface area contributed by atoms with Crippen LogP contribution >= 0.6 is 0 Å². The molecule has 0 spiro atoms. The first-order chi connectivity index (χ1) is 14.5. The van der Waals surface area contributed by atoms with Gasteiger partial charge in [0.2, 0.25) is 0 Å². The van der Waals surface area contributed by atoms with Crippen molar-refractivity contribution in [2.45, 2.75) is 13.0 Å².